The topological polar surface area (TPSA) is 226 Å². The first-order valence-electron chi connectivity index (χ1n) is 31.3. The molecule has 84 heavy (non-hydrogen) atoms. The number of fused-ring (bicyclic) bond motifs is 15. The van der Waals surface area contributed by atoms with E-state index < -0.39 is 55.1 Å². The van der Waals surface area contributed by atoms with Crippen molar-refractivity contribution in [2.45, 2.75) is 134 Å². The molecule has 21 nitrogen and oxygen atoms in total. The van der Waals surface area contributed by atoms with Crippen molar-refractivity contribution < 1.29 is 35.8 Å². The quantitative estimate of drug-likeness (QED) is 0.131. The molecule has 0 aliphatic carbocycles. The molecule has 3 fully saturated rings. The Labute approximate surface area is 489 Å². The van der Waals surface area contributed by atoms with Gasteiger partial charge in [0.05, 0.1) is 55.3 Å². The van der Waals surface area contributed by atoms with Crippen molar-refractivity contribution in [1.82, 2.24) is 74.7 Å². The van der Waals surface area contributed by atoms with Gasteiger partial charge in [0.25, 0.3) is 17.7 Å². The van der Waals surface area contributed by atoms with Gasteiger partial charge in [-0.25, -0.2) is 41.7 Å². The van der Waals surface area contributed by atoms with E-state index in [1.165, 1.54) is 68.9 Å². The van der Waals surface area contributed by atoms with Crippen LogP contribution in [-0.4, -0.2) is 114 Å². The number of hydrogen-bond acceptors (Lipinski definition) is 15. The number of nitrogens with zero attached hydrogens (tertiary/aromatic N) is 15. The van der Waals surface area contributed by atoms with E-state index in [1.54, 1.807) is 51.5 Å². The highest BCUT2D eigenvalue weighted by Crippen LogP contribution is 2.41. The van der Waals surface area contributed by atoms with E-state index in [0.29, 0.717) is 143 Å². The van der Waals surface area contributed by atoms with Gasteiger partial charge in [0.2, 0.25) is 0 Å². The molecule has 0 saturated carbocycles. The molecule has 6 atom stereocenters. The van der Waals surface area contributed by atoms with Gasteiger partial charge >= 0.3 is 0 Å². The Balaban J connectivity index is 0.000000124. The molecular formula is C60H63F3N18O3. The minimum absolute atomic E-state index is 0.137. The molecule has 24 heteroatoms. The highest BCUT2D eigenvalue weighted by atomic mass is 19.1. The zero-order chi connectivity index (χ0) is 63.1. The first kappa shape index (κ1) is 47.4. The van der Waals surface area contributed by atoms with E-state index >= 15 is 0 Å². The van der Waals surface area contributed by atoms with Gasteiger partial charge in [0, 0.05) is 81.5 Å². The van der Waals surface area contributed by atoms with Crippen LogP contribution in [0.5, 0.6) is 0 Å². The fraction of sp³-hybridized carbons (Fsp3) is 0.400. The maximum Gasteiger partial charge on any atom is 0.256 e. The second kappa shape index (κ2) is 22.6. The van der Waals surface area contributed by atoms with Crippen molar-refractivity contribution in [2.24, 2.45) is 0 Å². The number of carbonyl (C=O) groups is 3. The summed E-state index contributed by atoms with van der Waals surface area (Å²) >= 11 is 0. The van der Waals surface area contributed by atoms with Gasteiger partial charge in [-0.1, -0.05) is 0 Å². The van der Waals surface area contributed by atoms with E-state index in [9.17, 15) is 27.6 Å². The first-order chi connectivity index (χ1) is 43.0. The zero-order valence-corrected chi connectivity index (χ0v) is 46.2. The molecule has 3 amide bonds. The lowest BCUT2D eigenvalue weighted by Crippen LogP contribution is -2.33. The monoisotopic (exact) mass is 1150 g/mol. The first-order valence-corrected chi connectivity index (χ1v) is 28.3. The Kier molecular flexibility index (Phi) is 12.7. The Bertz CT molecular complexity index is 3880. The van der Waals surface area contributed by atoms with Crippen LogP contribution in [0.3, 0.4) is 0 Å². The van der Waals surface area contributed by atoms with Crippen molar-refractivity contribution in [2.75, 3.05) is 34.2 Å². The minimum Gasteiger partial charge on any atom is -0.349 e. The lowest BCUT2D eigenvalue weighted by molar-refractivity contribution is 0.0931. The maximum absolute atomic E-state index is 14.2. The van der Waals surface area contributed by atoms with Crippen molar-refractivity contribution in [3.05, 3.63) is 160 Å². The molecule has 0 radical (unpaired) electrons. The average Bonchev–Trinajstić information content (AvgIpc) is 1.62. The van der Waals surface area contributed by atoms with Crippen molar-refractivity contribution >= 4 is 52.1 Å². The summed E-state index contributed by atoms with van der Waals surface area (Å²) in [6, 6.07) is 7.75. The van der Waals surface area contributed by atoms with Gasteiger partial charge in [-0.05, 0) is 151 Å². The Hall–Kier alpha value is -9.09. The van der Waals surface area contributed by atoms with Crippen LogP contribution in [0.25, 0.3) is 16.9 Å². The molecule has 15 heterocycles. The highest BCUT2D eigenvalue weighted by Gasteiger charge is 2.35. The molecule has 3 N–H and O–H groups in total. The standard InChI is InChI=1S/3C20H21FN6O/c3*1-12-4-5-16-14(9-13(21)10-22-16)17-3-2-7-26(17)18-6-8-27-19(25-18)15(11-23-27)20(28)24-12/h3*6,8-12,17H,2-5,7H2,1H3,(H,24,28)/t12-,17?;2*12-,17-/m111/s1/i3*7D2. The number of rotatable bonds is 0. The molecule has 6 bridgehead atoms. The lowest BCUT2D eigenvalue weighted by atomic mass is 9.98. The van der Waals surface area contributed by atoms with Crippen LogP contribution in [0.4, 0.5) is 30.6 Å². The van der Waals surface area contributed by atoms with Crippen LogP contribution in [0, 0.1) is 17.5 Å². The van der Waals surface area contributed by atoms with E-state index in [2.05, 4.69) is 61.2 Å². The fourth-order valence-electron chi connectivity index (χ4n) is 11.9. The normalized spacial score (nSPS) is 25.1. The third kappa shape index (κ3) is 10.6. The van der Waals surface area contributed by atoms with E-state index in [1.807, 2.05) is 20.8 Å². The summed E-state index contributed by atoms with van der Waals surface area (Å²) in [6.07, 6.45) is 18.8. The molecular weight excluding hydrogens is 1080 g/mol. The minimum atomic E-state index is -1.67. The van der Waals surface area contributed by atoms with E-state index in [-0.39, 0.29) is 55.1 Å². The van der Waals surface area contributed by atoms with Crippen LogP contribution in [0.2, 0.25) is 0 Å². The number of pyridine rings is 3. The number of aromatic nitrogens is 12. The number of anilines is 3. The third-order valence-electron chi connectivity index (χ3n) is 16.1. The third-order valence-corrected chi connectivity index (χ3v) is 16.1. The van der Waals surface area contributed by atoms with E-state index in [0.717, 1.165) is 0 Å². The molecule has 9 aromatic rings. The van der Waals surface area contributed by atoms with Crippen LogP contribution >= 0.6 is 0 Å². The number of nitrogens with one attached hydrogen (secondary N) is 3. The zero-order valence-electron chi connectivity index (χ0n) is 52.2. The molecule has 0 aromatic carbocycles. The summed E-state index contributed by atoms with van der Waals surface area (Å²) in [5.41, 5.74) is 6.23. The van der Waals surface area contributed by atoms with Crippen LogP contribution < -0.4 is 30.7 Å². The van der Waals surface area contributed by atoms with Gasteiger partial charge in [-0.2, -0.15) is 15.3 Å². The molecule has 3 saturated heterocycles. The van der Waals surface area contributed by atoms with Crippen LogP contribution in [-0.2, 0) is 19.3 Å². The number of aryl methyl sites for hydroxylation is 3. The molecule has 0 spiro atoms. The summed E-state index contributed by atoms with van der Waals surface area (Å²) in [7, 11) is 0. The van der Waals surface area contributed by atoms with Crippen molar-refractivity contribution in [3.63, 3.8) is 0 Å². The maximum atomic E-state index is 14.2. The predicted octanol–water partition coefficient (Wildman–Crippen LogP) is 8.01. The van der Waals surface area contributed by atoms with Gasteiger partial charge in [0.15, 0.2) is 16.9 Å². The van der Waals surface area contributed by atoms with Gasteiger partial charge in [-0.3, -0.25) is 29.3 Å². The Morgan fingerprint density at radius 2 is 0.750 bits per heavy atom. The van der Waals surface area contributed by atoms with Crippen molar-refractivity contribution in [1.29, 1.82) is 0 Å². The number of halogens is 3. The molecule has 9 aromatic heterocycles. The van der Waals surface area contributed by atoms with Crippen molar-refractivity contribution in [3.8, 4) is 0 Å². The second-order valence-electron chi connectivity index (χ2n) is 21.9. The lowest BCUT2D eigenvalue weighted by Gasteiger charge is -2.27. The molecule has 15 rings (SSSR count). The highest BCUT2D eigenvalue weighted by molar-refractivity contribution is 6.01. The van der Waals surface area contributed by atoms with Gasteiger partial charge in [0.1, 0.15) is 51.6 Å². The van der Waals surface area contributed by atoms with E-state index in [4.69, 9.17) is 8.22 Å². The summed E-state index contributed by atoms with van der Waals surface area (Å²) in [4.78, 5) is 69.9. The second-order valence-corrected chi connectivity index (χ2v) is 21.9. The fourth-order valence-corrected chi connectivity index (χ4v) is 11.9. The Morgan fingerprint density at radius 3 is 1.05 bits per heavy atom. The summed E-state index contributed by atoms with van der Waals surface area (Å²) in [5.74, 6) is -1.06. The SMILES string of the molecule is [2H]C1([2H])CCC2c3cc(F)cnc3CC[C@@H](C)NC(=O)c3cnn4ccc(nc34)N21.[2H]C1([2H])CC[C@@H]2c3cc(F)cnc3CC[C@@H](C)NC(=O)c3cnn4ccc(nc34)N21.[2H]C1([2H])CC[C@@H]2c3cc(F)cnc3CC[C@@H](C)NC(=O)c3cnn4ccc(nc34)N21. The average molecular weight is 1150 g/mol. The molecule has 1 unspecified atom stereocenters. The van der Waals surface area contributed by atoms with Crippen LogP contribution in [0.1, 0.15) is 170 Å². The summed E-state index contributed by atoms with van der Waals surface area (Å²) < 4.78 is 98.4. The summed E-state index contributed by atoms with van der Waals surface area (Å²) in [6.45, 7) is 0.712. The molecule has 6 aliphatic heterocycles. The summed E-state index contributed by atoms with van der Waals surface area (Å²) in [5, 5.41) is 21.5. The smallest absolute Gasteiger partial charge is 0.256 e. The largest absolute Gasteiger partial charge is 0.349 e. The molecule has 432 valence electrons. The number of carbonyl (C=O) groups excluding carboxylic acids is 3. The predicted molar refractivity (Wildman–Crippen MR) is 305 cm³/mol. The number of amides is 3. The van der Waals surface area contributed by atoms with Gasteiger partial charge < -0.3 is 30.7 Å². The number of hydrogen-bond donors (Lipinski definition) is 3. The van der Waals surface area contributed by atoms with Crippen LogP contribution in [0.15, 0.2) is 92.2 Å². The van der Waals surface area contributed by atoms with Gasteiger partial charge in [-0.15, -0.1) is 0 Å². The molecule has 6 aliphatic rings. The Morgan fingerprint density at radius 1 is 0.452 bits per heavy atom.